The van der Waals surface area contributed by atoms with Crippen molar-refractivity contribution < 1.29 is 9.53 Å². The van der Waals surface area contributed by atoms with Gasteiger partial charge in [0, 0.05) is 40.1 Å². The maximum atomic E-state index is 12.5. The van der Waals surface area contributed by atoms with Crippen molar-refractivity contribution in [2.45, 2.75) is 13.0 Å². The first-order valence-corrected chi connectivity index (χ1v) is 7.56. The van der Waals surface area contributed by atoms with E-state index in [9.17, 15) is 4.79 Å². The number of aromatic nitrogens is 2. The van der Waals surface area contributed by atoms with Crippen LogP contribution in [-0.2, 0) is 11.3 Å². The van der Waals surface area contributed by atoms with Crippen LogP contribution in [0.1, 0.15) is 22.5 Å². The number of carbonyl (C=O) groups is 1. The fraction of sp³-hybridized carbons (Fsp3) is 0.353. The van der Waals surface area contributed by atoms with Gasteiger partial charge in [-0.1, -0.05) is 30.3 Å². The lowest BCUT2D eigenvalue weighted by molar-refractivity contribution is 0.0779. The fourth-order valence-corrected chi connectivity index (χ4v) is 2.10. The number of amides is 1. The van der Waals surface area contributed by atoms with Gasteiger partial charge in [0.15, 0.2) is 0 Å². The third-order valence-corrected chi connectivity index (χ3v) is 3.29. The fourth-order valence-electron chi connectivity index (χ4n) is 2.10. The van der Waals surface area contributed by atoms with E-state index in [0.717, 1.165) is 12.0 Å². The largest absolute Gasteiger partial charge is 0.385 e. The molecule has 0 fully saturated rings. The molecule has 2 aromatic rings. The van der Waals surface area contributed by atoms with Crippen LogP contribution in [0, 0.1) is 0 Å². The average molecular weight is 314 g/mol. The molecule has 2 rings (SSSR count). The van der Waals surface area contributed by atoms with Crippen molar-refractivity contribution in [2.24, 2.45) is 0 Å². The molecule has 0 bridgehead atoms. The third kappa shape index (κ3) is 5.34. The number of anilines is 1. The Morgan fingerprint density at radius 1 is 1.26 bits per heavy atom. The number of benzene rings is 1. The first-order chi connectivity index (χ1) is 11.2. The zero-order valence-electron chi connectivity index (χ0n) is 13.5. The van der Waals surface area contributed by atoms with Crippen molar-refractivity contribution in [2.75, 3.05) is 32.6 Å². The first kappa shape index (κ1) is 16.9. The molecule has 0 saturated carbocycles. The molecule has 0 atom stereocenters. The van der Waals surface area contributed by atoms with E-state index in [0.29, 0.717) is 31.3 Å². The Hall–Kier alpha value is -2.47. The molecule has 1 heterocycles. The van der Waals surface area contributed by atoms with Gasteiger partial charge < -0.3 is 15.0 Å². The summed E-state index contributed by atoms with van der Waals surface area (Å²) in [4.78, 5) is 22.5. The van der Waals surface area contributed by atoms with Gasteiger partial charge in [0.1, 0.15) is 5.69 Å². The predicted molar refractivity (Wildman–Crippen MR) is 89.3 cm³/mol. The highest BCUT2D eigenvalue weighted by Gasteiger charge is 2.14. The Kier molecular flexibility index (Phi) is 6.50. The highest BCUT2D eigenvalue weighted by Crippen LogP contribution is 2.08. The van der Waals surface area contributed by atoms with E-state index < -0.39 is 0 Å². The molecule has 0 aliphatic carbocycles. The molecular formula is C17H22N4O2. The molecule has 1 aromatic heterocycles. The van der Waals surface area contributed by atoms with Crippen molar-refractivity contribution in [1.29, 1.82) is 0 Å². The van der Waals surface area contributed by atoms with E-state index in [-0.39, 0.29) is 5.91 Å². The summed E-state index contributed by atoms with van der Waals surface area (Å²) in [5, 5.41) is 3.09. The van der Waals surface area contributed by atoms with E-state index in [4.69, 9.17) is 4.74 Å². The number of methoxy groups -OCH3 is 1. The Bertz CT molecular complexity index is 619. The van der Waals surface area contributed by atoms with Gasteiger partial charge in [-0.05, 0) is 18.1 Å². The second-order valence-corrected chi connectivity index (χ2v) is 5.19. The quantitative estimate of drug-likeness (QED) is 0.757. The van der Waals surface area contributed by atoms with Crippen molar-refractivity contribution in [3.8, 4) is 0 Å². The van der Waals surface area contributed by atoms with Gasteiger partial charge in [-0.25, -0.2) is 9.97 Å². The first-order valence-electron chi connectivity index (χ1n) is 7.56. The topological polar surface area (TPSA) is 67.3 Å². The molecule has 1 aromatic carbocycles. The van der Waals surface area contributed by atoms with Crippen LogP contribution in [0.25, 0.3) is 0 Å². The zero-order chi connectivity index (χ0) is 16.5. The van der Waals surface area contributed by atoms with Crippen LogP contribution in [0.3, 0.4) is 0 Å². The van der Waals surface area contributed by atoms with Crippen LogP contribution in [0.4, 0.5) is 5.95 Å². The highest BCUT2D eigenvalue weighted by molar-refractivity contribution is 5.92. The van der Waals surface area contributed by atoms with Crippen LogP contribution in [0.5, 0.6) is 0 Å². The van der Waals surface area contributed by atoms with Gasteiger partial charge >= 0.3 is 0 Å². The van der Waals surface area contributed by atoms with E-state index >= 15 is 0 Å². The van der Waals surface area contributed by atoms with Crippen LogP contribution >= 0.6 is 0 Å². The maximum Gasteiger partial charge on any atom is 0.272 e. The molecule has 122 valence electrons. The summed E-state index contributed by atoms with van der Waals surface area (Å²) in [6, 6.07) is 11.5. The molecule has 1 amide bonds. The minimum atomic E-state index is -0.129. The summed E-state index contributed by atoms with van der Waals surface area (Å²) in [5.74, 6) is 0.330. The summed E-state index contributed by atoms with van der Waals surface area (Å²) in [5.41, 5.74) is 1.46. The van der Waals surface area contributed by atoms with Crippen molar-refractivity contribution >= 4 is 11.9 Å². The molecule has 0 spiro atoms. The second kappa shape index (κ2) is 8.85. The lowest BCUT2D eigenvalue weighted by Crippen LogP contribution is -2.27. The Balaban J connectivity index is 1.95. The van der Waals surface area contributed by atoms with Gasteiger partial charge in [-0.2, -0.15) is 0 Å². The Morgan fingerprint density at radius 2 is 2.04 bits per heavy atom. The smallest absolute Gasteiger partial charge is 0.272 e. The van der Waals surface area contributed by atoms with Gasteiger partial charge in [0.2, 0.25) is 5.95 Å². The lowest BCUT2D eigenvalue weighted by Gasteiger charge is -2.17. The van der Waals surface area contributed by atoms with Gasteiger partial charge in [0.05, 0.1) is 0 Å². The minimum Gasteiger partial charge on any atom is -0.385 e. The van der Waals surface area contributed by atoms with Gasteiger partial charge in [-0.3, -0.25) is 4.79 Å². The molecule has 6 heteroatoms. The molecule has 0 aliphatic rings. The number of nitrogens with one attached hydrogen (secondary N) is 1. The van der Waals surface area contributed by atoms with E-state index in [1.165, 1.54) is 0 Å². The summed E-state index contributed by atoms with van der Waals surface area (Å²) in [6.45, 7) is 1.91. The molecule has 0 unspecified atom stereocenters. The summed E-state index contributed by atoms with van der Waals surface area (Å²) < 4.78 is 4.99. The standard InChI is InChI=1S/C17H22N4O2/c1-21(13-14-7-4-3-5-8-14)16(22)15-9-11-19-17(20-15)18-10-6-12-23-2/h3-5,7-9,11H,6,10,12-13H2,1-2H3,(H,18,19,20). The zero-order valence-corrected chi connectivity index (χ0v) is 13.5. The molecule has 0 saturated heterocycles. The predicted octanol–water partition coefficient (Wildman–Crippen LogP) is 2.20. The van der Waals surface area contributed by atoms with Crippen molar-refractivity contribution in [3.05, 3.63) is 53.9 Å². The second-order valence-electron chi connectivity index (χ2n) is 5.19. The van der Waals surface area contributed by atoms with Gasteiger partial charge in [0.25, 0.3) is 5.91 Å². The third-order valence-electron chi connectivity index (χ3n) is 3.29. The van der Waals surface area contributed by atoms with E-state index in [1.54, 1.807) is 31.3 Å². The number of carbonyl (C=O) groups excluding carboxylic acids is 1. The van der Waals surface area contributed by atoms with Crippen LogP contribution < -0.4 is 5.32 Å². The molecule has 0 aliphatic heterocycles. The molecule has 1 N–H and O–H groups in total. The number of hydrogen-bond donors (Lipinski definition) is 1. The van der Waals surface area contributed by atoms with Crippen LogP contribution in [-0.4, -0.2) is 48.1 Å². The highest BCUT2D eigenvalue weighted by atomic mass is 16.5. The van der Waals surface area contributed by atoms with Crippen LogP contribution in [0.15, 0.2) is 42.6 Å². The number of nitrogens with zero attached hydrogens (tertiary/aromatic N) is 3. The Labute approximate surface area is 136 Å². The van der Waals surface area contributed by atoms with E-state index in [1.807, 2.05) is 30.3 Å². The average Bonchev–Trinajstić information content (AvgIpc) is 2.59. The lowest BCUT2D eigenvalue weighted by atomic mass is 10.2. The number of rotatable bonds is 8. The number of hydrogen-bond acceptors (Lipinski definition) is 5. The van der Waals surface area contributed by atoms with Crippen molar-refractivity contribution in [1.82, 2.24) is 14.9 Å². The van der Waals surface area contributed by atoms with Crippen LogP contribution in [0.2, 0.25) is 0 Å². The maximum absolute atomic E-state index is 12.5. The SMILES string of the molecule is COCCCNc1nccc(C(=O)N(C)Cc2ccccc2)n1. The summed E-state index contributed by atoms with van der Waals surface area (Å²) >= 11 is 0. The summed E-state index contributed by atoms with van der Waals surface area (Å²) in [6.07, 6.45) is 2.45. The van der Waals surface area contributed by atoms with E-state index in [2.05, 4.69) is 15.3 Å². The molecule has 23 heavy (non-hydrogen) atoms. The Morgan fingerprint density at radius 3 is 2.78 bits per heavy atom. The van der Waals surface area contributed by atoms with Gasteiger partial charge in [-0.15, -0.1) is 0 Å². The molecule has 0 radical (unpaired) electrons. The molecular weight excluding hydrogens is 292 g/mol. The normalized spacial score (nSPS) is 10.3. The molecule has 6 nitrogen and oxygen atoms in total. The van der Waals surface area contributed by atoms with Crippen molar-refractivity contribution in [3.63, 3.8) is 0 Å². The minimum absolute atomic E-state index is 0.129. The monoisotopic (exact) mass is 314 g/mol. The summed E-state index contributed by atoms with van der Waals surface area (Å²) in [7, 11) is 3.43. The number of ether oxygens (including phenoxy) is 1.